The summed E-state index contributed by atoms with van der Waals surface area (Å²) in [5.41, 5.74) is 1.30. The van der Waals surface area contributed by atoms with Gasteiger partial charge in [0.1, 0.15) is 0 Å². The van der Waals surface area contributed by atoms with E-state index in [9.17, 15) is 14.4 Å². The molecule has 0 saturated carbocycles. The molecule has 22 heavy (non-hydrogen) atoms. The minimum absolute atomic E-state index is 0.262. The molecule has 2 rings (SSSR count). The van der Waals surface area contributed by atoms with Crippen LogP contribution >= 0.6 is 15.9 Å². The van der Waals surface area contributed by atoms with Crippen molar-refractivity contribution < 1.29 is 14.4 Å². The van der Waals surface area contributed by atoms with E-state index in [4.69, 9.17) is 0 Å². The Hall–Kier alpha value is -2.27. The summed E-state index contributed by atoms with van der Waals surface area (Å²) >= 11 is 3.27. The highest BCUT2D eigenvalue weighted by Gasteiger charge is 2.18. The molecule has 0 saturated heterocycles. The lowest BCUT2D eigenvalue weighted by Gasteiger charge is -2.04. The normalized spacial score (nSPS) is 10.0. The summed E-state index contributed by atoms with van der Waals surface area (Å²) in [6.07, 6.45) is -0.428. The first-order chi connectivity index (χ1) is 10.6. The fraction of sp³-hybridized carbons (Fsp3) is 0.118. The van der Waals surface area contributed by atoms with Gasteiger partial charge >= 0.3 is 0 Å². The van der Waals surface area contributed by atoms with Crippen molar-refractivity contribution in [3.8, 4) is 0 Å². The number of rotatable bonds is 6. The number of carbonyl (C=O) groups is 3. The predicted molar refractivity (Wildman–Crippen MR) is 86.4 cm³/mol. The molecule has 0 unspecified atom stereocenters. The third-order valence-electron chi connectivity index (χ3n) is 3.04. The molecule has 0 aromatic heterocycles. The Labute approximate surface area is 136 Å². The van der Waals surface area contributed by atoms with Gasteiger partial charge < -0.3 is 5.32 Å². The molecular formula is C17H14BrNO3. The Bertz CT molecular complexity index is 681. The highest BCUT2D eigenvalue weighted by atomic mass is 79.9. The average molecular weight is 360 g/mol. The lowest BCUT2D eigenvalue weighted by Crippen LogP contribution is -2.31. The number of halogens is 1. The van der Waals surface area contributed by atoms with E-state index in [0.29, 0.717) is 5.56 Å². The summed E-state index contributed by atoms with van der Waals surface area (Å²) in [5, 5.41) is 2.52. The first-order valence-electron chi connectivity index (χ1n) is 6.70. The van der Waals surface area contributed by atoms with Crippen LogP contribution in [0.5, 0.6) is 0 Å². The van der Waals surface area contributed by atoms with Gasteiger partial charge in [0.15, 0.2) is 5.78 Å². The molecule has 1 amide bonds. The number of hydrogen-bond donors (Lipinski definition) is 1. The largest absolute Gasteiger partial charge is 0.345 e. The molecule has 0 radical (unpaired) electrons. The Kier molecular flexibility index (Phi) is 5.61. The van der Waals surface area contributed by atoms with Crippen LogP contribution in [0.3, 0.4) is 0 Å². The minimum atomic E-state index is -0.741. The fourth-order valence-corrected chi connectivity index (χ4v) is 2.11. The highest BCUT2D eigenvalue weighted by molar-refractivity contribution is 9.10. The van der Waals surface area contributed by atoms with E-state index in [-0.39, 0.29) is 12.3 Å². The molecule has 0 bridgehead atoms. The summed E-state index contributed by atoms with van der Waals surface area (Å²) < 4.78 is 0.844. The summed E-state index contributed by atoms with van der Waals surface area (Å²) in [7, 11) is 0. The van der Waals surface area contributed by atoms with Gasteiger partial charge in [-0.25, -0.2) is 0 Å². The second-order valence-electron chi connectivity index (χ2n) is 4.70. The minimum Gasteiger partial charge on any atom is -0.345 e. The van der Waals surface area contributed by atoms with Crippen LogP contribution in [-0.4, -0.2) is 17.5 Å². The number of carbonyl (C=O) groups excluding carboxylic acids is 3. The van der Waals surface area contributed by atoms with Crippen molar-refractivity contribution in [2.45, 2.75) is 13.0 Å². The van der Waals surface area contributed by atoms with Gasteiger partial charge in [-0.1, -0.05) is 58.4 Å². The van der Waals surface area contributed by atoms with E-state index in [1.807, 2.05) is 30.3 Å². The van der Waals surface area contributed by atoms with E-state index in [1.54, 1.807) is 24.3 Å². The zero-order valence-electron chi connectivity index (χ0n) is 11.7. The molecule has 4 nitrogen and oxygen atoms in total. The molecule has 0 spiro atoms. The molecule has 112 valence electrons. The lowest BCUT2D eigenvalue weighted by atomic mass is 10.1. The first kappa shape index (κ1) is 16.1. The Morgan fingerprint density at radius 1 is 0.909 bits per heavy atom. The van der Waals surface area contributed by atoms with Crippen LogP contribution in [0.4, 0.5) is 0 Å². The van der Waals surface area contributed by atoms with E-state index < -0.39 is 18.1 Å². The van der Waals surface area contributed by atoms with Crippen LogP contribution in [0.2, 0.25) is 0 Å². The van der Waals surface area contributed by atoms with Gasteiger partial charge in [-0.2, -0.15) is 0 Å². The van der Waals surface area contributed by atoms with E-state index in [2.05, 4.69) is 21.2 Å². The molecule has 0 heterocycles. The average Bonchev–Trinajstić information content (AvgIpc) is 2.54. The summed E-state index contributed by atoms with van der Waals surface area (Å²) in [6, 6.07) is 15.9. The fourth-order valence-electron chi connectivity index (χ4n) is 1.84. The maximum absolute atomic E-state index is 11.9. The standard InChI is InChI=1S/C17H14BrNO3/c18-14-8-6-13(7-9-14)15(20)10-16(21)17(22)19-11-12-4-2-1-3-5-12/h1-9H,10-11H2,(H,19,22). The summed E-state index contributed by atoms with van der Waals surface area (Å²) in [5.74, 6) is -1.84. The van der Waals surface area contributed by atoms with Gasteiger partial charge in [0.25, 0.3) is 5.91 Å². The third-order valence-corrected chi connectivity index (χ3v) is 3.57. The van der Waals surface area contributed by atoms with Crippen LogP contribution in [0, 0.1) is 0 Å². The molecular weight excluding hydrogens is 346 g/mol. The van der Waals surface area contributed by atoms with Crippen molar-refractivity contribution in [1.29, 1.82) is 0 Å². The molecule has 0 fully saturated rings. The number of Topliss-reactive ketones (excluding diaryl/α,β-unsaturated/α-hetero) is 2. The van der Waals surface area contributed by atoms with Crippen molar-refractivity contribution >= 4 is 33.4 Å². The Balaban J connectivity index is 1.87. The second kappa shape index (κ2) is 7.66. The topological polar surface area (TPSA) is 63.2 Å². The smallest absolute Gasteiger partial charge is 0.288 e. The molecule has 0 aliphatic rings. The summed E-state index contributed by atoms with van der Waals surface area (Å²) in [6.45, 7) is 0.262. The van der Waals surface area contributed by atoms with Crippen LogP contribution in [0.25, 0.3) is 0 Å². The maximum Gasteiger partial charge on any atom is 0.288 e. The zero-order chi connectivity index (χ0) is 15.9. The summed E-state index contributed by atoms with van der Waals surface area (Å²) in [4.78, 5) is 35.4. The van der Waals surface area contributed by atoms with E-state index in [1.165, 1.54) is 0 Å². The zero-order valence-corrected chi connectivity index (χ0v) is 13.3. The van der Waals surface area contributed by atoms with Gasteiger partial charge in [-0.3, -0.25) is 14.4 Å². The monoisotopic (exact) mass is 359 g/mol. The van der Waals surface area contributed by atoms with Gasteiger partial charge in [-0.15, -0.1) is 0 Å². The predicted octanol–water partition coefficient (Wildman–Crippen LogP) is 2.91. The highest BCUT2D eigenvalue weighted by Crippen LogP contribution is 2.12. The second-order valence-corrected chi connectivity index (χ2v) is 5.61. The van der Waals surface area contributed by atoms with Crippen molar-refractivity contribution in [3.63, 3.8) is 0 Å². The number of nitrogens with one attached hydrogen (secondary N) is 1. The molecule has 2 aromatic carbocycles. The number of amides is 1. The maximum atomic E-state index is 11.9. The number of ketones is 2. The molecule has 1 N–H and O–H groups in total. The molecule has 0 aliphatic carbocycles. The molecule has 0 atom stereocenters. The third kappa shape index (κ3) is 4.63. The van der Waals surface area contributed by atoms with Gasteiger partial charge in [-0.05, 0) is 17.7 Å². The molecule has 0 aliphatic heterocycles. The number of hydrogen-bond acceptors (Lipinski definition) is 3. The lowest BCUT2D eigenvalue weighted by molar-refractivity contribution is -0.137. The van der Waals surface area contributed by atoms with Gasteiger partial charge in [0, 0.05) is 16.6 Å². The van der Waals surface area contributed by atoms with Crippen molar-refractivity contribution in [3.05, 3.63) is 70.2 Å². The van der Waals surface area contributed by atoms with Crippen LogP contribution < -0.4 is 5.32 Å². The van der Waals surface area contributed by atoms with Crippen LogP contribution in [0.1, 0.15) is 22.3 Å². The molecule has 2 aromatic rings. The quantitative estimate of drug-likeness (QED) is 0.490. The Morgan fingerprint density at radius 3 is 2.18 bits per heavy atom. The Morgan fingerprint density at radius 2 is 1.55 bits per heavy atom. The number of benzene rings is 2. The van der Waals surface area contributed by atoms with Crippen molar-refractivity contribution in [2.75, 3.05) is 0 Å². The van der Waals surface area contributed by atoms with Crippen LogP contribution in [-0.2, 0) is 16.1 Å². The molecule has 5 heteroatoms. The first-order valence-corrected chi connectivity index (χ1v) is 7.49. The van der Waals surface area contributed by atoms with Gasteiger partial charge in [0.05, 0.1) is 6.42 Å². The van der Waals surface area contributed by atoms with Crippen LogP contribution in [0.15, 0.2) is 59.1 Å². The SMILES string of the molecule is O=C(CC(=O)c1ccc(Br)cc1)C(=O)NCc1ccccc1. The van der Waals surface area contributed by atoms with E-state index in [0.717, 1.165) is 10.0 Å². The van der Waals surface area contributed by atoms with Crippen molar-refractivity contribution in [1.82, 2.24) is 5.32 Å². The van der Waals surface area contributed by atoms with E-state index >= 15 is 0 Å². The van der Waals surface area contributed by atoms with Gasteiger partial charge in [0.2, 0.25) is 5.78 Å². The van der Waals surface area contributed by atoms with Crippen molar-refractivity contribution in [2.24, 2.45) is 0 Å².